The normalized spacial score (nSPS) is 19.6. The Balaban J connectivity index is 1.59. The predicted molar refractivity (Wildman–Crippen MR) is 126 cm³/mol. The monoisotopic (exact) mass is 485 g/mol. The van der Waals surface area contributed by atoms with Crippen LogP contribution < -0.4 is 20.5 Å². The quantitative estimate of drug-likeness (QED) is 0.556. The van der Waals surface area contributed by atoms with Gasteiger partial charge in [-0.25, -0.2) is 4.68 Å². The van der Waals surface area contributed by atoms with Gasteiger partial charge in [-0.05, 0) is 42.2 Å². The Bertz CT molecular complexity index is 1300. The number of nitrogens with two attached hydrogens (primary N) is 1. The van der Waals surface area contributed by atoms with Crippen LogP contribution in [-0.2, 0) is 4.79 Å². The van der Waals surface area contributed by atoms with Crippen molar-refractivity contribution in [1.82, 2.24) is 14.8 Å². The molecule has 170 valence electrons. The van der Waals surface area contributed by atoms with Crippen molar-refractivity contribution in [2.45, 2.75) is 24.8 Å². The second kappa shape index (κ2) is 8.28. The van der Waals surface area contributed by atoms with Gasteiger partial charge < -0.3 is 20.5 Å². The lowest BCUT2D eigenvalue weighted by molar-refractivity contribution is -0.116. The Morgan fingerprint density at radius 3 is 2.61 bits per heavy atom. The molecule has 1 aromatic heterocycles. The molecule has 2 aliphatic rings. The number of hydrogen-bond donors (Lipinski definition) is 2. The SMILES string of the molecule is COc1ccc([C@H]2CC(=O)C3=C(C2)Nc2nc(N)nn2[C@@H]3c2ccc(Cl)cc2Cl)cc1OC. The van der Waals surface area contributed by atoms with Crippen molar-refractivity contribution in [3.8, 4) is 11.5 Å². The summed E-state index contributed by atoms with van der Waals surface area (Å²) in [6.07, 6.45) is 0.933. The molecular weight excluding hydrogens is 465 g/mol. The predicted octanol–water partition coefficient (Wildman–Crippen LogP) is 4.60. The number of fused-ring (bicyclic) bond motifs is 1. The summed E-state index contributed by atoms with van der Waals surface area (Å²) < 4.78 is 12.4. The summed E-state index contributed by atoms with van der Waals surface area (Å²) in [5.41, 5.74) is 8.98. The molecule has 10 heteroatoms. The topological polar surface area (TPSA) is 104 Å². The molecule has 2 heterocycles. The number of nitrogens with zero attached hydrogens (tertiary/aromatic N) is 3. The third-order valence-corrected chi connectivity index (χ3v) is 6.63. The molecule has 2 atom stereocenters. The molecule has 33 heavy (non-hydrogen) atoms. The van der Waals surface area contributed by atoms with Crippen molar-refractivity contribution < 1.29 is 14.3 Å². The largest absolute Gasteiger partial charge is 0.493 e. The number of allylic oxidation sites excluding steroid dienone is 2. The van der Waals surface area contributed by atoms with Crippen molar-refractivity contribution in [2.24, 2.45) is 0 Å². The summed E-state index contributed by atoms with van der Waals surface area (Å²) in [5, 5.41) is 8.55. The van der Waals surface area contributed by atoms with Gasteiger partial charge in [0.2, 0.25) is 11.9 Å². The highest BCUT2D eigenvalue weighted by Crippen LogP contribution is 2.46. The smallest absolute Gasteiger partial charge is 0.241 e. The fourth-order valence-corrected chi connectivity index (χ4v) is 5.09. The Kier molecular flexibility index (Phi) is 5.42. The number of ether oxygens (including phenoxy) is 2. The summed E-state index contributed by atoms with van der Waals surface area (Å²) in [7, 11) is 3.18. The van der Waals surface area contributed by atoms with E-state index in [1.807, 2.05) is 18.2 Å². The first-order valence-electron chi connectivity index (χ1n) is 10.3. The van der Waals surface area contributed by atoms with Gasteiger partial charge in [0.25, 0.3) is 0 Å². The van der Waals surface area contributed by atoms with E-state index in [4.69, 9.17) is 38.4 Å². The number of Topliss-reactive ketones (excluding diaryl/α,β-unsaturated/α-hetero) is 1. The lowest BCUT2D eigenvalue weighted by Gasteiger charge is -2.35. The second-order valence-electron chi connectivity index (χ2n) is 7.97. The third kappa shape index (κ3) is 3.69. The Morgan fingerprint density at radius 1 is 1.09 bits per heavy atom. The van der Waals surface area contributed by atoms with Crippen LogP contribution in [0.3, 0.4) is 0 Å². The number of nitrogens with one attached hydrogen (secondary N) is 1. The molecule has 0 saturated carbocycles. The number of methoxy groups -OCH3 is 2. The minimum atomic E-state index is -0.551. The zero-order valence-electron chi connectivity index (χ0n) is 17.9. The summed E-state index contributed by atoms with van der Waals surface area (Å²) >= 11 is 12.7. The molecule has 1 aliphatic heterocycles. The first-order valence-corrected chi connectivity index (χ1v) is 11.1. The lowest BCUT2D eigenvalue weighted by Crippen LogP contribution is -2.33. The van der Waals surface area contributed by atoms with E-state index in [-0.39, 0.29) is 17.6 Å². The Hall–Kier alpha value is -3.23. The average Bonchev–Trinajstić information content (AvgIpc) is 3.17. The highest BCUT2D eigenvalue weighted by atomic mass is 35.5. The number of ketones is 1. The van der Waals surface area contributed by atoms with Crippen LogP contribution in [-0.4, -0.2) is 34.8 Å². The number of nitrogen functional groups attached to an aromatic ring is 1. The molecule has 0 amide bonds. The maximum Gasteiger partial charge on any atom is 0.241 e. The molecule has 3 N–H and O–H groups in total. The number of carbonyl (C=O) groups is 1. The number of benzene rings is 2. The number of hydrogen-bond acceptors (Lipinski definition) is 7. The van der Waals surface area contributed by atoms with Crippen molar-refractivity contribution >= 4 is 40.9 Å². The highest BCUT2D eigenvalue weighted by molar-refractivity contribution is 6.35. The van der Waals surface area contributed by atoms with Crippen LogP contribution in [0.5, 0.6) is 11.5 Å². The van der Waals surface area contributed by atoms with E-state index in [0.29, 0.717) is 51.5 Å². The molecule has 0 fully saturated rings. The first kappa shape index (κ1) is 21.6. The number of anilines is 2. The average molecular weight is 486 g/mol. The van der Waals surface area contributed by atoms with Crippen LogP contribution >= 0.6 is 23.2 Å². The third-order valence-electron chi connectivity index (χ3n) is 6.07. The number of rotatable bonds is 4. The standard InChI is InChI=1S/C23H21Cl2N5O3/c1-32-18-6-3-11(9-19(18)33-2)12-7-16-20(17(31)8-12)21(14-5-4-13(24)10-15(14)25)30-23(27-16)28-22(26)29-30/h3-6,9-10,12,21H,7-8H2,1-2H3,(H3,26,27,28,29)/t12-,21-/m1/s1. The van der Waals surface area contributed by atoms with Gasteiger partial charge in [0.1, 0.15) is 6.04 Å². The molecule has 8 nitrogen and oxygen atoms in total. The highest BCUT2D eigenvalue weighted by Gasteiger charge is 2.40. The van der Waals surface area contributed by atoms with Crippen molar-refractivity contribution in [3.05, 3.63) is 68.8 Å². The molecule has 3 aromatic rings. The summed E-state index contributed by atoms with van der Waals surface area (Å²) in [6.45, 7) is 0. The van der Waals surface area contributed by atoms with E-state index in [1.165, 1.54) is 0 Å². The molecule has 0 spiro atoms. The molecule has 2 aromatic carbocycles. The zero-order valence-corrected chi connectivity index (χ0v) is 19.4. The van der Waals surface area contributed by atoms with Crippen LogP contribution in [0.4, 0.5) is 11.9 Å². The fraction of sp³-hybridized carbons (Fsp3) is 0.261. The van der Waals surface area contributed by atoms with E-state index in [2.05, 4.69) is 15.4 Å². The number of halogens is 2. The van der Waals surface area contributed by atoms with Gasteiger partial charge >= 0.3 is 0 Å². The molecular formula is C23H21Cl2N5O3. The van der Waals surface area contributed by atoms with E-state index in [9.17, 15) is 4.79 Å². The van der Waals surface area contributed by atoms with Crippen LogP contribution in [0, 0.1) is 0 Å². The summed E-state index contributed by atoms with van der Waals surface area (Å²) in [4.78, 5) is 17.9. The maximum absolute atomic E-state index is 13.6. The van der Waals surface area contributed by atoms with Crippen LogP contribution in [0.25, 0.3) is 0 Å². The van der Waals surface area contributed by atoms with Gasteiger partial charge in [-0.2, -0.15) is 4.98 Å². The van der Waals surface area contributed by atoms with E-state index in [0.717, 1.165) is 11.3 Å². The van der Waals surface area contributed by atoms with Gasteiger partial charge in [-0.1, -0.05) is 35.3 Å². The van der Waals surface area contributed by atoms with Gasteiger partial charge in [0.15, 0.2) is 17.3 Å². The van der Waals surface area contributed by atoms with Gasteiger partial charge in [-0.15, -0.1) is 5.10 Å². The first-order chi connectivity index (χ1) is 15.9. The minimum absolute atomic E-state index is 0.000673. The molecule has 1 aliphatic carbocycles. The van der Waals surface area contributed by atoms with Gasteiger partial charge in [-0.3, -0.25) is 4.79 Å². The molecule has 0 saturated heterocycles. The molecule has 5 rings (SSSR count). The van der Waals surface area contributed by atoms with Crippen LogP contribution in [0.1, 0.15) is 35.9 Å². The molecule has 0 radical (unpaired) electrons. The van der Waals surface area contributed by atoms with Crippen LogP contribution in [0.15, 0.2) is 47.7 Å². The zero-order chi connectivity index (χ0) is 23.3. The second-order valence-corrected chi connectivity index (χ2v) is 8.81. The van der Waals surface area contributed by atoms with E-state index >= 15 is 0 Å². The molecule has 0 unspecified atom stereocenters. The molecule has 0 bridgehead atoms. The van der Waals surface area contributed by atoms with E-state index < -0.39 is 6.04 Å². The summed E-state index contributed by atoms with van der Waals surface area (Å²) in [6, 6.07) is 10.4. The number of aromatic nitrogens is 3. The maximum atomic E-state index is 13.6. The number of carbonyl (C=O) groups excluding carboxylic acids is 1. The van der Waals surface area contributed by atoms with Crippen LogP contribution in [0.2, 0.25) is 10.0 Å². The Labute approximate surface area is 200 Å². The van der Waals surface area contributed by atoms with Crippen molar-refractivity contribution in [1.29, 1.82) is 0 Å². The van der Waals surface area contributed by atoms with Gasteiger partial charge in [0.05, 0.1) is 14.2 Å². The lowest BCUT2D eigenvalue weighted by atomic mass is 9.78. The van der Waals surface area contributed by atoms with Crippen molar-refractivity contribution in [2.75, 3.05) is 25.3 Å². The van der Waals surface area contributed by atoms with Gasteiger partial charge in [0, 0.05) is 33.3 Å². The minimum Gasteiger partial charge on any atom is -0.493 e. The fourth-order valence-electron chi connectivity index (χ4n) is 4.58. The Morgan fingerprint density at radius 2 is 1.88 bits per heavy atom. The summed E-state index contributed by atoms with van der Waals surface area (Å²) in [5.74, 6) is 1.78. The van der Waals surface area contributed by atoms with Crippen molar-refractivity contribution in [3.63, 3.8) is 0 Å². The van der Waals surface area contributed by atoms with E-state index in [1.54, 1.807) is 37.1 Å².